The van der Waals surface area contributed by atoms with Crippen LogP contribution in [0.15, 0.2) is 42.7 Å². The third-order valence-corrected chi connectivity index (χ3v) is 3.15. The number of aryl methyl sites for hydroxylation is 1. The minimum Gasteiger partial charge on any atom is -0.321 e. The Balaban J connectivity index is 2.27. The maximum Gasteiger partial charge on any atom is 0.126 e. The third kappa shape index (κ3) is 2.74. The third-order valence-electron chi connectivity index (χ3n) is 3.15. The van der Waals surface area contributed by atoms with Crippen molar-refractivity contribution < 1.29 is 4.39 Å². The fourth-order valence-corrected chi connectivity index (χ4v) is 1.97. The molecule has 0 fully saturated rings. The summed E-state index contributed by atoms with van der Waals surface area (Å²) in [6, 6.07) is 9.03. The molecule has 0 aliphatic heterocycles. The lowest BCUT2D eigenvalue weighted by molar-refractivity contribution is 0.485. The Bertz CT molecular complexity index is 535. The molecule has 3 heteroatoms. The molecular weight excluding hydrogens is 227 g/mol. The number of aromatic nitrogens is 1. The molecule has 2 rings (SSSR count). The molecule has 94 valence electrons. The molecule has 1 atom stereocenters. The van der Waals surface area contributed by atoms with E-state index in [2.05, 4.69) is 4.98 Å². The zero-order chi connectivity index (χ0) is 13.2. The highest BCUT2D eigenvalue weighted by atomic mass is 19.1. The second kappa shape index (κ2) is 4.86. The van der Waals surface area contributed by atoms with Crippen molar-refractivity contribution in [3.8, 4) is 0 Å². The largest absolute Gasteiger partial charge is 0.321 e. The van der Waals surface area contributed by atoms with Crippen LogP contribution in [0, 0.1) is 12.7 Å². The Hall–Kier alpha value is -1.74. The first-order valence-corrected chi connectivity index (χ1v) is 5.93. The molecule has 0 saturated carbocycles. The van der Waals surface area contributed by atoms with Crippen molar-refractivity contribution in [1.29, 1.82) is 0 Å². The lowest BCUT2D eigenvalue weighted by atomic mass is 9.86. The molecule has 0 aliphatic rings. The van der Waals surface area contributed by atoms with Gasteiger partial charge in [-0.2, -0.15) is 0 Å². The molecule has 0 radical (unpaired) electrons. The maximum atomic E-state index is 13.6. The molecular formula is C15H17FN2. The SMILES string of the molecule is Cc1ccc(C(C)(N)Cc2ccncc2)cc1F. The van der Waals surface area contributed by atoms with Crippen LogP contribution in [-0.2, 0) is 12.0 Å². The van der Waals surface area contributed by atoms with Gasteiger partial charge in [0.2, 0.25) is 0 Å². The summed E-state index contributed by atoms with van der Waals surface area (Å²) in [6.07, 6.45) is 4.13. The molecule has 0 aliphatic carbocycles. The number of rotatable bonds is 3. The van der Waals surface area contributed by atoms with Crippen molar-refractivity contribution in [2.45, 2.75) is 25.8 Å². The van der Waals surface area contributed by atoms with Crippen molar-refractivity contribution in [3.05, 3.63) is 65.2 Å². The smallest absolute Gasteiger partial charge is 0.126 e. The monoisotopic (exact) mass is 244 g/mol. The molecule has 2 aromatic rings. The van der Waals surface area contributed by atoms with Gasteiger partial charge in [0.05, 0.1) is 0 Å². The van der Waals surface area contributed by atoms with E-state index in [0.29, 0.717) is 12.0 Å². The number of nitrogens with two attached hydrogens (primary N) is 1. The van der Waals surface area contributed by atoms with E-state index in [4.69, 9.17) is 5.73 Å². The van der Waals surface area contributed by atoms with Gasteiger partial charge in [-0.25, -0.2) is 4.39 Å². The Labute approximate surface area is 107 Å². The van der Waals surface area contributed by atoms with Gasteiger partial charge in [-0.15, -0.1) is 0 Å². The topological polar surface area (TPSA) is 38.9 Å². The zero-order valence-corrected chi connectivity index (χ0v) is 10.7. The number of nitrogens with zero attached hydrogens (tertiary/aromatic N) is 1. The maximum absolute atomic E-state index is 13.6. The number of benzene rings is 1. The van der Waals surface area contributed by atoms with Crippen molar-refractivity contribution in [3.63, 3.8) is 0 Å². The number of hydrogen-bond acceptors (Lipinski definition) is 2. The Morgan fingerprint density at radius 3 is 2.50 bits per heavy atom. The van der Waals surface area contributed by atoms with E-state index in [9.17, 15) is 4.39 Å². The van der Waals surface area contributed by atoms with Crippen LogP contribution in [0.25, 0.3) is 0 Å². The van der Waals surface area contributed by atoms with Crippen LogP contribution in [0.4, 0.5) is 4.39 Å². The molecule has 1 unspecified atom stereocenters. The van der Waals surface area contributed by atoms with Crippen LogP contribution in [-0.4, -0.2) is 4.98 Å². The summed E-state index contributed by atoms with van der Waals surface area (Å²) in [5.41, 5.74) is 8.25. The van der Waals surface area contributed by atoms with Gasteiger partial charge in [-0.3, -0.25) is 4.98 Å². The van der Waals surface area contributed by atoms with Crippen LogP contribution in [0.2, 0.25) is 0 Å². The quantitative estimate of drug-likeness (QED) is 0.901. The predicted molar refractivity (Wildman–Crippen MR) is 70.6 cm³/mol. The van der Waals surface area contributed by atoms with Gasteiger partial charge in [0.15, 0.2) is 0 Å². The Morgan fingerprint density at radius 1 is 1.22 bits per heavy atom. The number of halogens is 1. The standard InChI is InChI=1S/C15H17FN2/c1-11-3-4-13(9-14(11)16)15(2,17)10-12-5-7-18-8-6-12/h3-9H,10,17H2,1-2H3. The molecule has 1 aromatic heterocycles. The highest BCUT2D eigenvalue weighted by molar-refractivity contribution is 5.30. The molecule has 2 nitrogen and oxygen atoms in total. The molecule has 0 saturated heterocycles. The van der Waals surface area contributed by atoms with Crippen LogP contribution in [0.3, 0.4) is 0 Å². The summed E-state index contributed by atoms with van der Waals surface area (Å²) in [4.78, 5) is 3.97. The normalized spacial score (nSPS) is 14.2. The second-order valence-electron chi connectivity index (χ2n) is 4.91. The van der Waals surface area contributed by atoms with Crippen LogP contribution < -0.4 is 5.73 Å². The lowest BCUT2D eigenvalue weighted by Gasteiger charge is -2.25. The summed E-state index contributed by atoms with van der Waals surface area (Å²) in [6.45, 7) is 3.66. The molecule has 18 heavy (non-hydrogen) atoms. The summed E-state index contributed by atoms with van der Waals surface area (Å²) in [5.74, 6) is -0.209. The minimum absolute atomic E-state index is 0.209. The van der Waals surface area contributed by atoms with E-state index in [1.807, 2.05) is 25.1 Å². The highest BCUT2D eigenvalue weighted by Gasteiger charge is 2.22. The Kier molecular flexibility index (Phi) is 3.43. The van der Waals surface area contributed by atoms with Gasteiger partial charge in [-0.05, 0) is 55.2 Å². The average molecular weight is 244 g/mol. The van der Waals surface area contributed by atoms with Crippen molar-refractivity contribution in [2.75, 3.05) is 0 Å². The van der Waals surface area contributed by atoms with Crippen LogP contribution >= 0.6 is 0 Å². The second-order valence-corrected chi connectivity index (χ2v) is 4.91. The first-order valence-electron chi connectivity index (χ1n) is 5.93. The minimum atomic E-state index is -0.587. The summed E-state index contributed by atoms with van der Waals surface area (Å²) >= 11 is 0. The van der Waals surface area contributed by atoms with E-state index in [1.165, 1.54) is 6.07 Å². The van der Waals surface area contributed by atoms with Gasteiger partial charge < -0.3 is 5.73 Å². The van der Waals surface area contributed by atoms with Gasteiger partial charge in [0.1, 0.15) is 5.82 Å². The van der Waals surface area contributed by atoms with Crippen molar-refractivity contribution in [1.82, 2.24) is 4.98 Å². The summed E-state index contributed by atoms with van der Waals surface area (Å²) < 4.78 is 13.6. The zero-order valence-electron chi connectivity index (χ0n) is 10.7. The molecule has 0 bridgehead atoms. The fourth-order valence-electron chi connectivity index (χ4n) is 1.97. The highest BCUT2D eigenvalue weighted by Crippen LogP contribution is 2.24. The first kappa shape index (κ1) is 12.7. The van der Waals surface area contributed by atoms with Gasteiger partial charge >= 0.3 is 0 Å². The average Bonchev–Trinajstić information content (AvgIpc) is 2.33. The van der Waals surface area contributed by atoms with Gasteiger partial charge in [0.25, 0.3) is 0 Å². The molecule has 0 spiro atoms. The van der Waals surface area contributed by atoms with Crippen LogP contribution in [0.5, 0.6) is 0 Å². The summed E-state index contributed by atoms with van der Waals surface area (Å²) in [5, 5.41) is 0. The van der Waals surface area contributed by atoms with E-state index in [0.717, 1.165) is 11.1 Å². The van der Waals surface area contributed by atoms with Gasteiger partial charge in [0, 0.05) is 17.9 Å². The first-order chi connectivity index (χ1) is 8.49. The van der Waals surface area contributed by atoms with Crippen LogP contribution in [0.1, 0.15) is 23.6 Å². The summed E-state index contributed by atoms with van der Waals surface area (Å²) in [7, 11) is 0. The van der Waals surface area contributed by atoms with Gasteiger partial charge in [-0.1, -0.05) is 12.1 Å². The molecule has 1 heterocycles. The molecule has 2 N–H and O–H groups in total. The lowest BCUT2D eigenvalue weighted by Crippen LogP contribution is -2.35. The Morgan fingerprint density at radius 2 is 1.89 bits per heavy atom. The van der Waals surface area contributed by atoms with Crippen molar-refractivity contribution in [2.24, 2.45) is 5.73 Å². The number of pyridine rings is 1. The molecule has 0 amide bonds. The molecule has 1 aromatic carbocycles. The fraction of sp³-hybridized carbons (Fsp3) is 0.267. The van der Waals surface area contributed by atoms with E-state index >= 15 is 0 Å². The van der Waals surface area contributed by atoms with E-state index < -0.39 is 5.54 Å². The van der Waals surface area contributed by atoms with E-state index in [-0.39, 0.29) is 5.82 Å². The predicted octanol–water partition coefficient (Wildman–Crippen LogP) is 2.95. The van der Waals surface area contributed by atoms with E-state index in [1.54, 1.807) is 25.4 Å². The number of hydrogen-bond donors (Lipinski definition) is 1. The van der Waals surface area contributed by atoms with Crippen molar-refractivity contribution >= 4 is 0 Å².